The lowest BCUT2D eigenvalue weighted by molar-refractivity contribution is 0.0175. The Morgan fingerprint density at radius 1 is 1.22 bits per heavy atom. The first kappa shape index (κ1) is 16.0. The fourth-order valence-electron chi connectivity index (χ4n) is 3.75. The summed E-state index contributed by atoms with van der Waals surface area (Å²) in [6, 6.07) is 7.82. The lowest BCUT2D eigenvalue weighted by Gasteiger charge is -2.34. The van der Waals surface area contributed by atoms with Gasteiger partial charge in [-0.15, -0.1) is 0 Å². The number of benzene rings is 1. The molecule has 0 aromatic heterocycles. The number of rotatable bonds is 1. The smallest absolute Gasteiger partial charge is 0.410 e. The summed E-state index contributed by atoms with van der Waals surface area (Å²) < 4.78 is 5.52. The molecule has 124 valence electrons. The number of nitrogens with zero attached hydrogens (tertiary/aromatic N) is 1. The molecule has 2 unspecified atom stereocenters. The minimum absolute atomic E-state index is 0.0225. The van der Waals surface area contributed by atoms with Gasteiger partial charge in [0.1, 0.15) is 5.60 Å². The molecule has 2 atom stereocenters. The monoisotopic (exact) mass is 315 g/mol. The highest BCUT2D eigenvalue weighted by Crippen LogP contribution is 2.34. The van der Waals surface area contributed by atoms with Crippen LogP contribution in [0.3, 0.4) is 0 Å². The van der Waals surface area contributed by atoms with Crippen LogP contribution in [0.4, 0.5) is 4.79 Å². The van der Waals surface area contributed by atoms with Crippen LogP contribution in [0.5, 0.6) is 0 Å². The minimum Gasteiger partial charge on any atom is -0.444 e. The number of ether oxygens (including phenoxy) is 1. The Morgan fingerprint density at radius 3 is 2.70 bits per heavy atom. The minimum atomic E-state index is -0.507. The van der Waals surface area contributed by atoms with Gasteiger partial charge >= 0.3 is 6.09 Å². The molecule has 1 heterocycles. The first-order valence-corrected chi connectivity index (χ1v) is 8.48. The number of hydrogen-bond acceptors (Lipinski definition) is 3. The van der Waals surface area contributed by atoms with E-state index in [0.717, 1.165) is 36.8 Å². The lowest BCUT2D eigenvalue weighted by Crippen LogP contribution is -2.46. The van der Waals surface area contributed by atoms with Gasteiger partial charge in [0.25, 0.3) is 0 Å². The number of Topliss-reactive ketones (excluding diaryl/α,β-unsaturated/α-hetero) is 1. The van der Waals surface area contributed by atoms with Gasteiger partial charge in [-0.1, -0.05) is 24.3 Å². The second-order valence-electron chi connectivity index (χ2n) is 7.55. The highest BCUT2D eigenvalue weighted by atomic mass is 16.6. The Bertz CT molecular complexity index is 617. The normalized spacial score (nSPS) is 24.5. The third-order valence-electron chi connectivity index (χ3n) is 4.74. The van der Waals surface area contributed by atoms with E-state index in [9.17, 15) is 9.59 Å². The number of carbonyl (C=O) groups excluding carboxylic acids is 2. The SMILES string of the molecule is CC(C)(C)OC(=O)N1CCCC1C1CCc2ccccc2C1=O. The molecule has 1 aromatic rings. The molecule has 0 radical (unpaired) electrons. The van der Waals surface area contributed by atoms with Crippen LogP contribution in [0.1, 0.15) is 56.0 Å². The van der Waals surface area contributed by atoms with E-state index < -0.39 is 5.60 Å². The molecule has 1 aliphatic heterocycles. The van der Waals surface area contributed by atoms with Crippen LogP contribution in [0.25, 0.3) is 0 Å². The zero-order valence-electron chi connectivity index (χ0n) is 14.2. The van der Waals surface area contributed by atoms with Crippen LogP contribution in [-0.4, -0.2) is 35.0 Å². The quantitative estimate of drug-likeness (QED) is 0.791. The van der Waals surface area contributed by atoms with E-state index in [-0.39, 0.29) is 23.8 Å². The summed E-state index contributed by atoms with van der Waals surface area (Å²) in [4.78, 5) is 27.1. The number of likely N-dealkylation sites (tertiary alicyclic amines) is 1. The van der Waals surface area contributed by atoms with Crippen molar-refractivity contribution >= 4 is 11.9 Å². The van der Waals surface area contributed by atoms with Crippen LogP contribution >= 0.6 is 0 Å². The van der Waals surface area contributed by atoms with Crippen molar-refractivity contribution in [1.82, 2.24) is 4.90 Å². The average Bonchev–Trinajstić information content (AvgIpc) is 2.95. The van der Waals surface area contributed by atoms with E-state index in [4.69, 9.17) is 4.74 Å². The maximum atomic E-state index is 12.9. The molecule has 1 amide bonds. The molecule has 1 fully saturated rings. The zero-order chi connectivity index (χ0) is 16.6. The number of carbonyl (C=O) groups is 2. The van der Waals surface area contributed by atoms with Crippen LogP contribution in [0.15, 0.2) is 24.3 Å². The van der Waals surface area contributed by atoms with E-state index in [2.05, 4.69) is 0 Å². The fraction of sp³-hybridized carbons (Fsp3) is 0.579. The lowest BCUT2D eigenvalue weighted by atomic mass is 9.78. The third-order valence-corrected chi connectivity index (χ3v) is 4.74. The van der Waals surface area contributed by atoms with Crippen molar-refractivity contribution in [2.75, 3.05) is 6.54 Å². The van der Waals surface area contributed by atoms with Crippen molar-refractivity contribution in [3.05, 3.63) is 35.4 Å². The van der Waals surface area contributed by atoms with E-state index in [0.29, 0.717) is 6.54 Å². The molecule has 2 aliphatic rings. The van der Waals surface area contributed by atoms with E-state index in [1.54, 1.807) is 4.90 Å². The Labute approximate surface area is 137 Å². The van der Waals surface area contributed by atoms with Crippen molar-refractivity contribution in [1.29, 1.82) is 0 Å². The number of aryl methyl sites for hydroxylation is 1. The second-order valence-corrected chi connectivity index (χ2v) is 7.55. The molecule has 0 N–H and O–H groups in total. The maximum absolute atomic E-state index is 12.9. The molecule has 1 aromatic carbocycles. The van der Waals surface area contributed by atoms with Crippen LogP contribution < -0.4 is 0 Å². The Kier molecular flexibility index (Phi) is 4.17. The molecule has 3 rings (SSSR count). The van der Waals surface area contributed by atoms with Gasteiger partial charge in [-0.3, -0.25) is 4.79 Å². The Morgan fingerprint density at radius 2 is 1.96 bits per heavy atom. The molecule has 4 nitrogen and oxygen atoms in total. The van der Waals surface area contributed by atoms with Crippen molar-refractivity contribution < 1.29 is 14.3 Å². The van der Waals surface area contributed by atoms with Gasteiger partial charge in [0.15, 0.2) is 5.78 Å². The summed E-state index contributed by atoms with van der Waals surface area (Å²) in [7, 11) is 0. The Hall–Kier alpha value is -1.84. The van der Waals surface area contributed by atoms with E-state index in [1.807, 2.05) is 45.0 Å². The number of amides is 1. The number of fused-ring (bicyclic) bond motifs is 1. The van der Waals surface area contributed by atoms with Crippen LogP contribution in [0.2, 0.25) is 0 Å². The van der Waals surface area contributed by atoms with Crippen molar-refractivity contribution in [3.63, 3.8) is 0 Å². The summed E-state index contributed by atoms with van der Waals surface area (Å²) in [5.41, 5.74) is 1.46. The highest BCUT2D eigenvalue weighted by molar-refractivity contribution is 6.00. The fourth-order valence-corrected chi connectivity index (χ4v) is 3.75. The topological polar surface area (TPSA) is 46.6 Å². The van der Waals surface area contributed by atoms with Gasteiger partial charge in [0.05, 0.1) is 0 Å². The highest BCUT2D eigenvalue weighted by Gasteiger charge is 2.41. The molecular weight excluding hydrogens is 290 g/mol. The first-order valence-electron chi connectivity index (χ1n) is 8.48. The second kappa shape index (κ2) is 5.99. The van der Waals surface area contributed by atoms with Gasteiger partial charge in [-0.25, -0.2) is 4.79 Å². The largest absolute Gasteiger partial charge is 0.444 e. The number of ketones is 1. The molecule has 0 spiro atoms. The summed E-state index contributed by atoms with van der Waals surface area (Å²) >= 11 is 0. The summed E-state index contributed by atoms with van der Waals surface area (Å²) in [5, 5.41) is 0. The summed E-state index contributed by atoms with van der Waals surface area (Å²) in [6.45, 7) is 6.30. The molecule has 4 heteroatoms. The van der Waals surface area contributed by atoms with Crippen LogP contribution in [0, 0.1) is 5.92 Å². The van der Waals surface area contributed by atoms with Gasteiger partial charge in [-0.2, -0.15) is 0 Å². The molecule has 23 heavy (non-hydrogen) atoms. The molecule has 0 bridgehead atoms. The van der Waals surface area contributed by atoms with Crippen molar-refractivity contribution in [3.8, 4) is 0 Å². The number of hydrogen-bond donors (Lipinski definition) is 0. The van der Waals surface area contributed by atoms with Gasteiger partial charge in [0.2, 0.25) is 0 Å². The van der Waals surface area contributed by atoms with Gasteiger partial charge in [-0.05, 0) is 52.0 Å². The molecule has 0 saturated carbocycles. The standard InChI is InChI=1S/C19H25NO3/c1-19(2,3)23-18(22)20-12-6-9-16(20)15-11-10-13-7-4-5-8-14(13)17(15)21/h4-5,7-8,15-16H,6,9-12H2,1-3H3. The summed E-state index contributed by atoms with van der Waals surface area (Å²) in [5.74, 6) is 0.0900. The van der Waals surface area contributed by atoms with Gasteiger partial charge < -0.3 is 9.64 Å². The molecular formula is C19H25NO3. The summed E-state index contributed by atoms with van der Waals surface area (Å²) in [6.07, 6.45) is 3.27. The molecule has 1 saturated heterocycles. The Balaban J connectivity index is 1.79. The predicted octanol–water partition coefficient (Wildman–Crippen LogP) is 3.83. The predicted molar refractivity (Wildman–Crippen MR) is 88.5 cm³/mol. The molecule has 1 aliphatic carbocycles. The van der Waals surface area contributed by atoms with E-state index >= 15 is 0 Å². The average molecular weight is 315 g/mol. The van der Waals surface area contributed by atoms with E-state index in [1.165, 1.54) is 0 Å². The van der Waals surface area contributed by atoms with Crippen molar-refractivity contribution in [2.45, 2.75) is 58.1 Å². The maximum Gasteiger partial charge on any atom is 0.410 e. The van der Waals surface area contributed by atoms with Gasteiger partial charge in [0, 0.05) is 24.1 Å². The third kappa shape index (κ3) is 3.26. The van der Waals surface area contributed by atoms with Crippen LogP contribution in [-0.2, 0) is 11.2 Å². The first-order chi connectivity index (χ1) is 10.9. The zero-order valence-corrected chi connectivity index (χ0v) is 14.2. The van der Waals surface area contributed by atoms with Crippen molar-refractivity contribution in [2.24, 2.45) is 5.92 Å².